The summed E-state index contributed by atoms with van der Waals surface area (Å²) in [4.78, 5) is 1.97. The van der Waals surface area contributed by atoms with Crippen molar-refractivity contribution in [1.82, 2.24) is 0 Å². The van der Waals surface area contributed by atoms with E-state index in [9.17, 15) is 21.0 Å². The Bertz CT molecular complexity index is 1480. The maximum Gasteiger partial charge on any atom is 0.0992 e. The lowest BCUT2D eigenvalue weighted by molar-refractivity contribution is 1.38. The van der Waals surface area contributed by atoms with E-state index < -0.39 is 0 Å². The standard InChI is InChI=1S/C28H14N4S/c29-15-19-8-20(16-30)11-24(10-19)23-4-3-5-26(14-23)33-28-7-2-1-6-27(28)25-12-21(17-31)9-22(13-25)18-32/h1-14H. The Hall–Kier alpha value is -4.81. The number of nitrogens with zero attached hydrogens (tertiary/aromatic N) is 4. The van der Waals surface area contributed by atoms with Gasteiger partial charge < -0.3 is 0 Å². The number of benzene rings is 4. The fraction of sp³-hybridized carbons (Fsp3) is 0. The van der Waals surface area contributed by atoms with E-state index in [4.69, 9.17) is 0 Å². The van der Waals surface area contributed by atoms with Crippen molar-refractivity contribution in [2.45, 2.75) is 9.79 Å². The van der Waals surface area contributed by atoms with Gasteiger partial charge in [-0.15, -0.1) is 0 Å². The molecule has 0 amide bonds. The minimum atomic E-state index is 0.441. The molecule has 33 heavy (non-hydrogen) atoms. The maximum atomic E-state index is 9.34. The summed E-state index contributed by atoms with van der Waals surface area (Å²) >= 11 is 1.57. The van der Waals surface area contributed by atoms with Crippen LogP contribution < -0.4 is 0 Å². The molecule has 0 radical (unpaired) electrons. The highest BCUT2D eigenvalue weighted by molar-refractivity contribution is 7.99. The van der Waals surface area contributed by atoms with Crippen molar-refractivity contribution in [2.24, 2.45) is 0 Å². The number of hydrogen-bond acceptors (Lipinski definition) is 5. The van der Waals surface area contributed by atoms with E-state index in [-0.39, 0.29) is 0 Å². The van der Waals surface area contributed by atoms with Crippen LogP contribution in [0.15, 0.2) is 94.7 Å². The maximum absolute atomic E-state index is 9.34. The van der Waals surface area contributed by atoms with Crippen LogP contribution in [0.5, 0.6) is 0 Å². The van der Waals surface area contributed by atoms with E-state index in [1.54, 1.807) is 48.2 Å². The molecule has 0 spiro atoms. The Morgan fingerprint density at radius 1 is 0.485 bits per heavy atom. The van der Waals surface area contributed by atoms with Crippen LogP contribution in [0.3, 0.4) is 0 Å². The van der Waals surface area contributed by atoms with Gasteiger partial charge >= 0.3 is 0 Å². The first kappa shape index (κ1) is 21.4. The van der Waals surface area contributed by atoms with Gasteiger partial charge in [0.15, 0.2) is 0 Å². The monoisotopic (exact) mass is 438 g/mol. The third kappa shape index (κ3) is 4.76. The molecule has 0 aliphatic heterocycles. The van der Waals surface area contributed by atoms with E-state index in [1.807, 2.05) is 48.5 Å². The van der Waals surface area contributed by atoms with Crippen molar-refractivity contribution in [3.63, 3.8) is 0 Å². The van der Waals surface area contributed by atoms with Crippen LogP contribution in [0.25, 0.3) is 22.3 Å². The Morgan fingerprint density at radius 2 is 1.03 bits per heavy atom. The van der Waals surface area contributed by atoms with Gasteiger partial charge in [-0.25, -0.2) is 0 Å². The molecule has 0 bridgehead atoms. The van der Waals surface area contributed by atoms with E-state index in [0.717, 1.165) is 32.0 Å². The van der Waals surface area contributed by atoms with Gasteiger partial charge in [0.25, 0.3) is 0 Å². The molecule has 0 aliphatic carbocycles. The summed E-state index contributed by atoms with van der Waals surface area (Å²) < 4.78 is 0. The third-order valence-corrected chi connectivity index (χ3v) is 6.04. The third-order valence-electron chi connectivity index (χ3n) is 4.98. The summed E-state index contributed by atoms with van der Waals surface area (Å²) in [6.07, 6.45) is 0. The zero-order valence-electron chi connectivity index (χ0n) is 17.3. The highest BCUT2D eigenvalue weighted by Gasteiger charge is 2.10. The van der Waals surface area contributed by atoms with Crippen LogP contribution in [0, 0.1) is 45.3 Å². The number of rotatable bonds is 4. The summed E-state index contributed by atoms with van der Waals surface area (Å²) in [6, 6.07) is 34.5. The van der Waals surface area contributed by atoms with Gasteiger partial charge in [0.05, 0.1) is 46.5 Å². The SMILES string of the molecule is N#Cc1cc(C#N)cc(-c2cccc(Sc3ccccc3-c3cc(C#N)cc(C#N)c3)c2)c1. The molecule has 4 aromatic rings. The van der Waals surface area contributed by atoms with Gasteiger partial charge in [-0.05, 0) is 76.9 Å². The second-order valence-corrected chi connectivity index (χ2v) is 8.29. The Kier molecular flexibility index (Phi) is 6.20. The lowest BCUT2D eigenvalue weighted by Gasteiger charge is -2.11. The van der Waals surface area contributed by atoms with Crippen LogP contribution in [0.4, 0.5) is 0 Å². The van der Waals surface area contributed by atoms with Gasteiger partial charge in [0.2, 0.25) is 0 Å². The summed E-state index contributed by atoms with van der Waals surface area (Å²) in [5, 5.41) is 37.3. The van der Waals surface area contributed by atoms with E-state index in [1.165, 1.54) is 0 Å². The van der Waals surface area contributed by atoms with Crippen molar-refractivity contribution >= 4 is 11.8 Å². The predicted molar refractivity (Wildman–Crippen MR) is 127 cm³/mol. The molecule has 0 aliphatic rings. The summed E-state index contributed by atoms with van der Waals surface area (Å²) in [5.74, 6) is 0. The molecule has 0 atom stereocenters. The smallest absolute Gasteiger partial charge is 0.0992 e. The second-order valence-electron chi connectivity index (χ2n) is 7.17. The molecule has 4 rings (SSSR count). The topological polar surface area (TPSA) is 95.2 Å². The van der Waals surface area contributed by atoms with Gasteiger partial charge in [-0.2, -0.15) is 21.0 Å². The highest BCUT2D eigenvalue weighted by Crippen LogP contribution is 2.38. The zero-order chi connectivity index (χ0) is 23.2. The molecule has 5 heteroatoms. The predicted octanol–water partition coefficient (Wildman–Crippen LogP) is 6.66. The molecular formula is C28H14N4S. The Labute approximate surface area is 196 Å². The van der Waals surface area contributed by atoms with Gasteiger partial charge in [-0.3, -0.25) is 0 Å². The van der Waals surface area contributed by atoms with Crippen LogP contribution in [-0.4, -0.2) is 0 Å². The first-order valence-corrected chi connectivity index (χ1v) is 10.7. The van der Waals surface area contributed by atoms with E-state index >= 15 is 0 Å². The van der Waals surface area contributed by atoms with Gasteiger partial charge in [0, 0.05) is 9.79 Å². The van der Waals surface area contributed by atoms with Crippen molar-refractivity contribution < 1.29 is 0 Å². The van der Waals surface area contributed by atoms with Gasteiger partial charge in [0.1, 0.15) is 0 Å². The lowest BCUT2D eigenvalue weighted by Crippen LogP contribution is -1.88. The molecule has 4 nitrogen and oxygen atoms in total. The first-order chi connectivity index (χ1) is 16.1. The molecule has 0 saturated heterocycles. The number of hydrogen-bond donors (Lipinski definition) is 0. The summed E-state index contributed by atoms with van der Waals surface area (Å²) in [5.41, 5.74) is 5.22. The highest BCUT2D eigenvalue weighted by atomic mass is 32.2. The summed E-state index contributed by atoms with van der Waals surface area (Å²) in [6.45, 7) is 0. The van der Waals surface area contributed by atoms with Crippen LogP contribution in [-0.2, 0) is 0 Å². The van der Waals surface area contributed by atoms with Crippen LogP contribution in [0.2, 0.25) is 0 Å². The average Bonchev–Trinajstić information content (AvgIpc) is 2.88. The van der Waals surface area contributed by atoms with E-state index in [0.29, 0.717) is 22.3 Å². The fourth-order valence-corrected chi connectivity index (χ4v) is 4.52. The van der Waals surface area contributed by atoms with Gasteiger partial charge in [-0.1, -0.05) is 42.1 Å². The van der Waals surface area contributed by atoms with Crippen molar-refractivity contribution in [2.75, 3.05) is 0 Å². The fourth-order valence-electron chi connectivity index (χ4n) is 3.50. The van der Waals surface area contributed by atoms with Crippen LogP contribution in [0.1, 0.15) is 22.3 Å². The Balaban J connectivity index is 1.74. The lowest BCUT2D eigenvalue weighted by atomic mass is 10.0. The van der Waals surface area contributed by atoms with Crippen molar-refractivity contribution in [3.8, 4) is 46.5 Å². The molecule has 0 fully saturated rings. The number of nitriles is 4. The second kappa shape index (κ2) is 9.55. The minimum Gasteiger partial charge on any atom is -0.192 e. The molecule has 0 aromatic heterocycles. The average molecular weight is 439 g/mol. The van der Waals surface area contributed by atoms with E-state index in [2.05, 4.69) is 24.3 Å². The first-order valence-electron chi connectivity index (χ1n) is 9.92. The molecule has 0 N–H and O–H groups in total. The summed E-state index contributed by atoms with van der Waals surface area (Å²) in [7, 11) is 0. The van der Waals surface area contributed by atoms with Crippen molar-refractivity contribution in [1.29, 1.82) is 21.0 Å². The normalized spacial score (nSPS) is 9.82. The minimum absolute atomic E-state index is 0.441. The molecule has 0 unspecified atom stereocenters. The quantitative estimate of drug-likeness (QED) is 0.355. The molecule has 4 aromatic carbocycles. The molecule has 0 heterocycles. The Morgan fingerprint density at radius 3 is 1.61 bits per heavy atom. The molecular weight excluding hydrogens is 424 g/mol. The van der Waals surface area contributed by atoms with Crippen LogP contribution >= 0.6 is 11.8 Å². The zero-order valence-corrected chi connectivity index (χ0v) is 18.1. The molecule has 152 valence electrons. The largest absolute Gasteiger partial charge is 0.192 e. The van der Waals surface area contributed by atoms with Crippen molar-refractivity contribution in [3.05, 3.63) is 107 Å². The molecule has 0 saturated carbocycles.